The summed E-state index contributed by atoms with van der Waals surface area (Å²) in [6.45, 7) is 1.53. The van der Waals surface area contributed by atoms with Crippen LogP contribution in [0.25, 0.3) is 0 Å². The van der Waals surface area contributed by atoms with E-state index in [1.165, 1.54) is 11.0 Å². The van der Waals surface area contributed by atoms with E-state index in [0.29, 0.717) is 5.02 Å². The number of carbonyl (C=O) groups excluding carboxylic acids is 2. The van der Waals surface area contributed by atoms with Crippen molar-refractivity contribution in [1.29, 1.82) is 0 Å². The van der Waals surface area contributed by atoms with Gasteiger partial charge in [-0.15, -0.1) is 0 Å². The third-order valence-electron chi connectivity index (χ3n) is 4.11. The molecule has 0 heterocycles. The number of likely N-dealkylation sites (N-methyl/N-ethyl adjacent to an activating group) is 1. The minimum Gasteiger partial charge on any atom is -0.348 e. The van der Waals surface area contributed by atoms with Crippen molar-refractivity contribution < 1.29 is 22.8 Å². The number of benzene rings is 2. The molecule has 2 amide bonds. The van der Waals surface area contributed by atoms with E-state index in [9.17, 15) is 22.8 Å². The fraction of sp³-hybridized carbons (Fsp3) is 0.300. The van der Waals surface area contributed by atoms with Gasteiger partial charge in [-0.25, -0.2) is 0 Å². The number of hydrogen-bond acceptors (Lipinski definition) is 3. The van der Waals surface area contributed by atoms with E-state index in [1.54, 1.807) is 32.2 Å². The van der Waals surface area contributed by atoms with Gasteiger partial charge in [-0.05, 0) is 49.9 Å². The van der Waals surface area contributed by atoms with Gasteiger partial charge < -0.3 is 10.6 Å². The molecule has 30 heavy (non-hydrogen) atoms. The summed E-state index contributed by atoms with van der Waals surface area (Å²) in [6, 6.07) is 9.89. The van der Waals surface area contributed by atoms with Gasteiger partial charge in [0.05, 0.1) is 29.7 Å². The highest BCUT2D eigenvalue weighted by molar-refractivity contribution is 6.31. The second-order valence-corrected chi connectivity index (χ2v) is 7.60. The number of nitrogens with zero attached hydrogens (tertiary/aromatic N) is 1. The van der Waals surface area contributed by atoms with Crippen molar-refractivity contribution in [3.8, 4) is 0 Å². The molecule has 2 N–H and O–H groups in total. The Kier molecular flexibility index (Phi) is 8.11. The Bertz CT molecular complexity index is 922. The number of anilines is 1. The van der Waals surface area contributed by atoms with Gasteiger partial charge in [0.2, 0.25) is 11.8 Å². The van der Waals surface area contributed by atoms with Crippen molar-refractivity contribution in [2.45, 2.75) is 19.1 Å². The molecule has 0 aliphatic rings. The highest BCUT2D eigenvalue weighted by Crippen LogP contribution is 2.36. The lowest BCUT2D eigenvalue weighted by Gasteiger charge is -2.19. The first-order chi connectivity index (χ1) is 14.0. The van der Waals surface area contributed by atoms with E-state index in [1.807, 2.05) is 6.07 Å². The lowest BCUT2D eigenvalue weighted by molar-refractivity contribution is -0.137. The fourth-order valence-corrected chi connectivity index (χ4v) is 3.14. The van der Waals surface area contributed by atoms with E-state index < -0.39 is 22.7 Å². The molecule has 2 aromatic carbocycles. The third-order valence-corrected chi connectivity index (χ3v) is 4.67. The Hall–Kier alpha value is -2.29. The van der Waals surface area contributed by atoms with E-state index in [0.717, 1.165) is 17.7 Å². The second-order valence-electron chi connectivity index (χ2n) is 6.76. The number of halogens is 5. The maximum Gasteiger partial charge on any atom is 0.417 e. The number of amides is 2. The Balaban J connectivity index is 1.88. The molecule has 0 aliphatic carbocycles. The largest absolute Gasteiger partial charge is 0.417 e. The van der Waals surface area contributed by atoms with Gasteiger partial charge in [0, 0.05) is 10.7 Å². The zero-order valence-corrected chi connectivity index (χ0v) is 17.7. The SMILES string of the molecule is CC(NC(=O)CN(C)CC(=O)Nc1ccc(Cl)c(C(F)(F)F)c1)c1cccc(Cl)c1. The van der Waals surface area contributed by atoms with E-state index in [2.05, 4.69) is 10.6 Å². The van der Waals surface area contributed by atoms with Gasteiger partial charge in [0.25, 0.3) is 0 Å². The number of carbonyl (C=O) groups is 2. The van der Waals surface area contributed by atoms with Crippen LogP contribution in [0.4, 0.5) is 18.9 Å². The van der Waals surface area contributed by atoms with Crippen LogP contribution in [0.2, 0.25) is 10.0 Å². The van der Waals surface area contributed by atoms with Crippen LogP contribution < -0.4 is 10.6 Å². The summed E-state index contributed by atoms with van der Waals surface area (Å²) in [7, 11) is 1.55. The molecule has 2 rings (SSSR count). The molecule has 162 valence electrons. The lowest BCUT2D eigenvalue weighted by atomic mass is 10.1. The normalized spacial score (nSPS) is 12.5. The van der Waals surface area contributed by atoms with Crippen molar-refractivity contribution in [1.82, 2.24) is 10.2 Å². The standard InChI is InChI=1S/C20H20Cl2F3N3O2/c1-12(13-4-3-5-14(21)8-13)26-18(29)10-28(2)11-19(30)27-15-6-7-17(22)16(9-15)20(23,24)25/h3-9,12H,10-11H2,1-2H3,(H,26,29)(H,27,30). The van der Waals surface area contributed by atoms with Crippen molar-refractivity contribution in [2.75, 3.05) is 25.5 Å². The van der Waals surface area contributed by atoms with Crippen molar-refractivity contribution in [2.24, 2.45) is 0 Å². The van der Waals surface area contributed by atoms with Crippen LogP contribution in [0, 0.1) is 0 Å². The van der Waals surface area contributed by atoms with Crippen LogP contribution in [-0.4, -0.2) is 36.9 Å². The molecule has 0 saturated carbocycles. The van der Waals surface area contributed by atoms with E-state index >= 15 is 0 Å². The molecule has 1 atom stereocenters. The summed E-state index contributed by atoms with van der Waals surface area (Å²) in [5.74, 6) is -0.882. The maximum absolute atomic E-state index is 12.9. The smallest absolute Gasteiger partial charge is 0.348 e. The molecule has 5 nitrogen and oxygen atoms in total. The predicted molar refractivity (Wildman–Crippen MR) is 111 cm³/mol. The number of nitrogens with one attached hydrogen (secondary N) is 2. The van der Waals surface area contributed by atoms with Gasteiger partial charge in [-0.2, -0.15) is 13.2 Å². The molecular weight excluding hydrogens is 442 g/mol. The minimum absolute atomic E-state index is 0.0378. The van der Waals surface area contributed by atoms with Crippen LogP contribution in [0.15, 0.2) is 42.5 Å². The third kappa shape index (κ3) is 7.19. The first-order valence-corrected chi connectivity index (χ1v) is 9.61. The van der Waals surface area contributed by atoms with Crippen molar-refractivity contribution in [3.05, 3.63) is 63.6 Å². The number of rotatable bonds is 7. The Morgan fingerprint density at radius 3 is 2.37 bits per heavy atom. The first-order valence-electron chi connectivity index (χ1n) is 8.85. The summed E-state index contributed by atoms with van der Waals surface area (Å²) in [5, 5.41) is 5.27. The minimum atomic E-state index is -4.63. The van der Waals surface area contributed by atoms with Crippen LogP contribution >= 0.6 is 23.2 Å². The van der Waals surface area contributed by atoms with Crippen molar-refractivity contribution >= 4 is 40.7 Å². The monoisotopic (exact) mass is 461 g/mol. The van der Waals surface area contributed by atoms with Crippen LogP contribution in [0.3, 0.4) is 0 Å². The first kappa shape index (κ1) is 24.0. The van der Waals surface area contributed by atoms with Gasteiger partial charge >= 0.3 is 6.18 Å². The molecule has 0 aliphatic heterocycles. The predicted octanol–water partition coefficient (Wildman–Crippen LogP) is 4.76. The molecule has 0 spiro atoms. The molecular formula is C20H20Cl2F3N3O2. The quantitative estimate of drug-likeness (QED) is 0.624. The molecule has 0 aromatic heterocycles. The zero-order valence-electron chi connectivity index (χ0n) is 16.2. The van der Waals surface area contributed by atoms with Gasteiger partial charge in [-0.1, -0.05) is 35.3 Å². The highest BCUT2D eigenvalue weighted by atomic mass is 35.5. The second kappa shape index (κ2) is 10.1. The maximum atomic E-state index is 12.9. The molecule has 0 bridgehead atoms. The number of alkyl halides is 3. The summed E-state index contributed by atoms with van der Waals surface area (Å²) >= 11 is 11.5. The highest BCUT2D eigenvalue weighted by Gasteiger charge is 2.33. The van der Waals surface area contributed by atoms with E-state index in [4.69, 9.17) is 23.2 Å². The van der Waals surface area contributed by atoms with Crippen LogP contribution in [-0.2, 0) is 15.8 Å². The molecule has 0 saturated heterocycles. The summed E-state index contributed by atoms with van der Waals surface area (Å²) in [6.07, 6.45) is -4.63. The fourth-order valence-electron chi connectivity index (χ4n) is 2.71. The Labute approximate surface area is 182 Å². The van der Waals surface area contributed by atoms with Crippen molar-refractivity contribution in [3.63, 3.8) is 0 Å². The average molecular weight is 462 g/mol. The number of hydrogen-bond donors (Lipinski definition) is 2. The van der Waals surface area contributed by atoms with Gasteiger partial charge in [0.1, 0.15) is 0 Å². The average Bonchev–Trinajstić information content (AvgIpc) is 2.61. The summed E-state index contributed by atoms with van der Waals surface area (Å²) in [5.41, 5.74) is -0.242. The van der Waals surface area contributed by atoms with Gasteiger partial charge in [0.15, 0.2) is 0 Å². The van der Waals surface area contributed by atoms with Gasteiger partial charge in [-0.3, -0.25) is 14.5 Å². The zero-order chi connectivity index (χ0) is 22.5. The summed E-state index contributed by atoms with van der Waals surface area (Å²) in [4.78, 5) is 25.8. The van der Waals surface area contributed by atoms with E-state index in [-0.39, 0.29) is 30.7 Å². The Morgan fingerprint density at radius 1 is 1.07 bits per heavy atom. The van der Waals surface area contributed by atoms with Crippen LogP contribution in [0.5, 0.6) is 0 Å². The molecule has 10 heteroatoms. The topological polar surface area (TPSA) is 61.4 Å². The molecule has 2 aromatic rings. The Morgan fingerprint density at radius 2 is 1.73 bits per heavy atom. The molecule has 1 unspecified atom stereocenters. The van der Waals surface area contributed by atoms with Crippen LogP contribution in [0.1, 0.15) is 24.1 Å². The molecule has 0 radical (unpaired) electrons. The summed E-state index contributed by atoms with van der Waals surface area (Å²) < 4.78 is 38.7. The lowest BCUT2D eigenvalue weighted by Crippen LogP contribution is -2.39. The molecule has 0 fully saturated rings.